The van der Waals surface area contributed by atoms with Crippen LogP contribution < -0.4 is 9.47 Å². The molecule has 3 rings (SSSR count). The first-order chi connectivity index (χ1) is 10.6. The standard InChI is InChI=1S/C13H16N4O4S/c1-2-17-11(7-14-16-17)9-22(18,19)8-10-3-4-12-13(15-10)21-6-5-20-12/h3-4,7H,2,5-6,8-9H2,1H3. The Labute approximate surface area is 128 Å². The Morgan fingerprint density at radius 3 is 2.86 bits per heavy atom. The molecule has 0 saturated carbocycles. The Balaban J connectivity index is 1.77. The molecule has 3 heterocycles. The molecular formula is C13H16N4O4S. The maximum Gasteiger partial charge on any atom is 0.257 e. The fourth-order valence-corrected chi connectivity index (χ4v) is 3.60. The molecular weight excluding hydrogens is 308 g/mol. The Bertz CT molecular complexity index is 772. The van der Waals surface area contributed by atoms with E-state index in [0.29, 0.717) is 42.8 Å². The van der Waals surface area contributed by atoms with Crippen molar-refractivity contribution < 1.29 is 17.9 Å². The summed E-state index contributed by atoms with van der Waals surface area (Å²) in [6, 6.07) is 3.32. The van der Waals surface area contributed by atoms with E-state index in [-0.39, 0.29) is 11.5 Å². The molecule has 0 N–H and O–H groups in total. The van der Waals surface area contributed by atoms with Crippen LogP contribution in [-0.2, 0) is 27.9 Å². The molecule has 0 unspecified atom stereocenters. The van der Waals surface area contributed by atoms with Crippen molar-refractivity contribution in [2.75, 3.05) is 13.2 Å². The van der Waals surface area contributed by atoms with Gasteiger partial charge in [0.15, 0.2) is 15.6 Å². The van der Waals surface area contributed by atoms with Gasteiger partial charge in [-0.2, -0.15) is 0 Å². The average Bonchev–Trinajstić information content (AvgIpc) is 2.93. The van der Waals surface area contributed by atoms with E-state index in [0.717, 1.165) is 0 Å². The zero-order chi connectivity index (χ0) is 15.6. The average molecular weight is 324 g/mol. The summed E-state index contributed by atoms with van der Waals surface area (Å²) in [6.45, 7) is 3.35. The lowest BCUT2D eigenvalue weighted by Gasteiger charge is -2.17. The summed E-state index contributed by atoms with van der Waals surface area (Å²) in [5.41, 5.74) is 1.000. The lowest BCUT2D eigenvalue weighted by Crippen LogP contribution is -2.17. The number of aromatic nitrogens is 4. The van der Waals surface area contributed by atoms with E-state index in [2.05, 4.69) is 15.3 Å². The van der Waals surface area contributed by atoms with Crippen molar-refractivity contribution in [2.24, 2.45) is 0 Å². The predicted octanol–water partition coefficient (Wildman–Crippen LogP) is 0.579. The predicted molar refractivity (Wildman–Crippen MR) is 77.3 cm³/mol. The first-order valence-electron chi connectivity index (χ1n) is 6.91. The highest BCUT2D eigenvalue weighted by Crippen LogP contribution is 2.28. The molecule has 1 aliphatic rings. The van der Waals surface area contributed by atoms with Crippen LogP contribution in [0, 0.1) is 0 Å². The number of nitrogens with zero attached hydrogens (tertiary/aromatic N) is 4. The van der Waals surface area contributed by atoms with Crippen LogP contribution in [0.3, 0.4) is 0 Å². The van der Waals surface area contributed by atoms with Crippen LogP contribution in [0.4, 0.5) is 0 Å². The summed E-state index contributed by atoms with van der Waals surface area (Å²) >= 11 is 0. The molecule has 0 atom stereocenters. The minimum Gasteiger partial charge on any atom is -0.484 e. The fraction of sp³-hybridized carbons (Fsp3) is 0.462. The molecule has 9 heteroatoms. The minimum absolute atomic E-state index is 0.121. The van der Waals surface area contributed by atoms with Gasteiger partial charge in [-0.25, -0.2) is 18.1 Å². The summed E-state index contributed by atoms with van der Waals surface area (Å²) in [6.07, 6.45) is 1.47. The van der Waals surface area contributed by atoms with Crippen LogP contribution in [-0.4, -0.2) is 41.6 Å². The molecule has 0 fully saturated rings. The largest absolute Gasteiger partial charge is 0.484 e. The van der Waals surface area contributed by atoms with E-state index >= 15 is 0 Å². The first kappa shape index (κ1) is 14.8. The van der Waals surface area contributed by atoms with Crippen LogP contribution >= 0.6 is 0 Å². The molecule has 22 heavy (non-hydrogen) atoms. The van der Waals surface area contributed by atoms with E-state index in [1.54, 1.807) is 16.8 Å². The van der Waals surface area contributed by atoms with Gasteiger partial charge in [-0.15, -0.1) is 5.10 Å². The number of hydrogen-bond acceptors (Lipinski definition) is 7. The van der Waals surface area contributed by atoms with Crippen molar-refractivity contribution in [1.29, 1.82) is 0 Å². The van der Waals surface area contributed by atoms with Gasteiger partial charge in [0.1, 0.15) is 13.2 Å². The van der Waals surface area contributed by atoms with Crippen LogP contribution in [0.2, 0.25) is 0 Å². The molecule has 2 aromatic heterocycles. The SMILES string of the molecule is CCn1nncc1CS(=O)(=O)Cc1ccc2c(n1)OCCO2. The molecule has 1 aliphatic heterocycles. The van der Waals surface area contributed by atoms with Gasteiger partial charge in [0.25, 0.3) is 5.88 Å². The Morgan fingerprint density at radius 2 is 2.05 bits per heavy atom. The van der Waals surface area contributed by atoms with Crippen molar-refractivity contribution in [3.05, 3.63) is 29.7 Å². The van der Waals surface area contributed by atoms with Gasteiger partial charge in [0.05, 0.1) is 29.1 Å². The smallest absolute Gasteiger partial charge is 0.257 e. The van der Waals surface area contributed by atoms with E-state index in [4.69, 9.17) is 9.47 Å². The Morgan fingerprint density at radius 1 is 1.23 bits per heavy atom. The van der Waals surface area contributed by atoms with Crippen LogP contribution in [0.5, 0.6) is 11.6 Å². The second-order valence-corrected chi connectivity index (χ2v) is 6.94. The summed E-state index contributed by atoms with van der Waals surface area (Å²) in [7, 11) is -3.38. The summed E-state index contributed by atoms with van der Waals surface area (Å²) < 4.78 is 36.9. The van der Waals surface area contributed by atoms with Gasteiger partial charge < -0.3 is 9.47 Å². The highest BCUT2D eigenvalue weighted by Gasteiger charge is 2.20. The molecule has 0 amide bonds. The summed E-state index contributed by atoms with van der Waals surface area (Å²) in [5.74, 6) is 0.600. The van der Waals surface area contributed by atoms with Gasteiger partial charge in [-0.3, -0.25) is 0 Å². The first-order valence-corrected chi connectivity index (χ1v) is 8.73. The molecule has 0 bridgehead atoms. The van der Waals surface area contributed by atoms with Gasteiger partial charge in [-0.1, -0.05) is 5.21 Å². The van der Waals surface area contributed by atoms with Gasteiger partial charge in [-0.05, 0) is 19.1 Å². The van der Waals surface area contributed by atoms with E-state index in [1.165, 1.54) is 6.20 Å². The van der Waals surface area contributed by atoms with Gasteiger partial charge >= 0.3 is 0 Å². The lowest BCUT2D eigenvalue weighted by molar-refractivity contribution is 0.164. The third-order valence-electron chi connectivity index (χ3n) is 3.20. The number of rotatable bonds is 5. The van der Waals surface area contributed by atoms with Crippen molar-refractivity contribution in [2.45, 2.75) is 25.0 Å². The molecule has 0 spiro atoms. The van der Waals surface area contributed by atoms with Crippen LogP contribution in [0.15, 0.2) is 18.3 Å². The number of aryl methyl sites for hydroxylation is 1. The topological polar surface area (TPSA) is 96.2 Å². The van der Waals surface area contributed by atoms with E-state index in [9.17, 15) is 8.42 Å². The van der Waals surface area contributed by atoms with E-state index < -0.39 is 9.84 Å². The van der Waals surface area contributed by atoms with Crippen molar-refractivity contribution in [3.8, 4) is 11.6 Å². The minimum atomic E-state index is -3.38. The molecule has 0 radical (unpaired) electrons. The summed E-state index contributed by atoms with van der Waals surface area (Å²) in [4.78, 5) is 4.21. The summed E-state index contributed by atoms with van der Waals surface area (Å²) in [5, 5.41) is 7.57. The second-order valence-electron chi connectivity index (χ2n) is 4.88. The number of hydrogen-bond donors (Lipinski definition) is 0. The highest BCUT2D eigenvalue weighted by atomic mass is 32.2. The Kier molecular flexibility index (Phi) is 3.97. The highest BCUT2D eigenvalue weighted by molar-refractivity contribution is 7.89. The number of fused-ring (bicyclic) bond motifs is 1. The zero-order valence-corrected chi connectivity index (χ0v) is 12.9. The van der Waals surface area contributed by atoms with Crippen LogP contribution in [0.25, 0.3) is 0 Å². The maximum atomic E-state index is 12.3. The van der Waals surface area contributed by atoms with Crippen molar-refractivity contribution in [1.82, 2.24) is 20.0 Å². The number of pyridine rings is 1. The molecule has 0 aliphatic carbocycles. The van der Waals surface area contributed by atoms with Gasteiger partial charge in [0, 0.05) is 6.54 Å². The van der Waals surface area contributed by atoms with Crippen molar-refractivity contribution >= 4 is 9.84 Å². The molecule has 0 saturated heterocycles. The quantitative estimate of drug-likeness (QED) is 0.793. The third-order valence-corrected chi connectivity index (χ3v) is 4.67. The number of ether oxygens (including phenoxy) is 2. The Hall–Kier alpha value is -2.16. The second kappa shape index (κ2) is 5.91. The van der Waals surface area contributed by atoms with Crippen molar-refractivity contribution in [3.63, 3.8) is 0 Å². The zero-order valence-electron chi connectivity index (χ0n) is 12.1. The van der Waals surface area contributed by atoms with Crippen LogP contribution in [0.1, 0.15) is 18.3 Å². The molecule has 8 nitrogen and oxygen atoms in total. The molecule has 0 aromatic carbocycles. The lowest BCUT2D eigenvalue weighted by atomic mass is 10.3. The molecule has 118 valence electrons. The van der Waals surface area contributed by atoms with Gasteiger partial charge in [0.2, 0.25) is 0 Å². The third kappa shape index (κ3) is 3.19. The van der Waals surface area contributed by atoms with E-state index in [1.807, 2.05) is 6.92 Å². The monoisotopic (exact) mass is 324 g/mol. The maximum absolute atomic E-state index is 12.3. The molecule has 2 aromatic rings. The number of sulfone groups is 1. The normalized spacial score (nSPS) is 14.0. The fourth-order valence-electron chi connectivity index (χ4n) is 2.21.